The molecule has 136 valence electrons. The molecule has 0 aliphatic carbocycles. The van der Waals surface area contributed by atoms with Crippen LogP contribution in [-0.2, 0) is 17.8 Å². The monoisotopic (exact) mass is 353 g/mol. The minimum Gasteiger partial charge on any atom is -0.382 e. The lowest BCUT2D eigenvalue weighted by Gasteiger charge is -2.22. The molecule has 0 bridgehead atoms. The van der Waals surface area contributed by atoms with E-state index in [2.05, 4.69) is 20.3 Å². The number of hydrogen-bond acceptors (Lipinski definition) is 6. The Morgan fingerprint density at radius 3 is 2.81 bits per heavy atom. The maximum Gasteiger partial charge on any atom is 0.145 e. The fraction of sp³-hybridized carbons (Fsp3) is 0.389. The lowest BCUT2D eigenvalue weighted by atomic mass is 10.2. The van der Waals surface area contributed by atoms with E-state index in [0.717, 1.165) is 37.4 Å². The fourth-order valence-corrected chi connectivity index (χ4v) is 3.47. The maximum atomic E-state index is 5.73. The highest BCUT2D eigenvalue weighted by atomic mass is 16.5. The number of likely N-dealkylation sites (tertiary alicyclic amines) is 1. The molecule has 2 aromatic heterocycles. The molecule has 0 amide bonds. The molecule has 1 saturated heterocycles. The molecule has 0 spiro atoms. The van der Waals surface area contributed by atoms with Crippen LogP contribution >= 0.6 is 0 Å². The van der Waals surface area contributed by atoms with Crippen LogP contribution in [-0.4, -0.2) is 55.5 Å². The minimum absolute atomic E-state index is 0.220. The summed E-state index contributed by atoms with van der Waals surface area (Å²) in [4.78, 5) is 2.38. The zero-order valence-corrected chi connectivity index (χ0v) is 14.8. The summed E-state index contributed by atoms with van der Waals surface area (Å²) in [6.45, 7) is 2.38. The molecule has 1 aliphatic rings. The summed E-state index contributed by atoms with van der Waals surface area (Å²) in [5, 5.41) is 12.9. The van der Waals surface area contributed by atoms with E-state index < -0.39 is 0 Å². The number of methoxy groups -OCH3 is 1. The molecule has 3 heterocycles. The molecule has 2 N–H and O–H groups in total. The standard InChI is InChI=1S/C18H23N7O/c1-26-17-9-16(12-24-8-7-18(19)21-24)23(13-17)10-14-11-25(22-20-14)15-5-3-2-4-6-15/h2-8,11,16-17H,9-10,12-13H2,1H3,(H2,19,21)/t16-,17-/m0/s1. The summed E-state index contributed by atoms with van der Waals surface area (Å²) < 4.78 is 9.29. The highest BCUT2D eigenvalue weighted by Crippen LogP contribution is 2.23. The summed E-state index contributed by atoms with van der Waals surface area (Å²) in [5.41, 5.74) is 7.68. The van der Waals surface area contributed by atoms with E-state index in [4.69, 9.17) is 10.5 Å². The van der Waals surface area contributed by atoms with Crippen LogP contribution in [0.4, 0.5) is 5.82 Å². The van der Waals surface area contributed by atoms with Gasteiger partial charge in [0.15, 0.2) is 0 Å². The van der Waals surface area contributed by atoms with E-state index in [0.29, 0.717) is 11.9 Å². The van der Waals surface area contributed by atoms with Gasteiger partial charge in [0, 0.05) is 32.4 Å². The van der Waals surface area contributed by atoms with Crippen LogP contribution in [0.3, 0.4) is 0 Å². The third-order valence-electron chi connectivity index (χ3n) is 4.81. The lowest BCUT2D eigenvalue weighted by Crippen LogP contribution is -2.33. The zero-order valence-electron chi connectivity index (χ0n) is 14.8. The van der Waals surface area contributed by atoms with Gasteiger partial charge in [0.05, 0.1) is 30.2 Å². The molecule has 0 saturated carbocycles. The van der Waals surface area contributed by atoms with E-state index in [1.807, 2.05) is 58.2 Å². The summed E-state index contributed by atoms with van der Waals surface area (Å²) in [5.74, 6) is 0.545. The second-order valence-corrected chi connectivity index (χ2v) is 6.63. The molecule has 1 aromatic carbocycles. The Hall–Kier alpha value is -2.71. The van der Waals surface area contributed by atoms with E-state index in [-0.39, 0.29) is 6.10 Å². The topological polar surface area (TPSA) is 87.0 Å². The average Bonchev–Trinajstić information content (AvgIpc) is 3.38. The van der Waals surface area contributed by atoms with Gasteiger partial charge in [-0.15, -0.1) is 5.10 Å². The van der Waals surface area contributed by atoms with Crippen molar-refractivity contribution < 1.29 is 4.74 Å². The normalized spacial score (nSPS) is 20.7. The van der Waals surface area contributed by atoms with Gasteiger partial charge >= 0.3 is 0 Å². The molecule has 4 rings (SSSR count). The predicted molar refractivity (Wildman–Crippen MR) is 97.6 cm³/mol. The Balaban J connectivity index is 1.47. The molecule has 0 radical (unpaired) electrons. The molecule has 26 heavy (non-hydrogen) atoms. The number of nitrogen functional groups attached to an aromatic ring is 1. The number of rotatable bonds is 6. The molecule has 8 heteroatoms. The molecule has 1 aliphatic heterocycles. The van der Waals surface area contributed by atoms with Crippen LogP contribution < -0.4 is 5.73 Å². The summed E-state index contributed by atoms with van der Waals surface area (Å²) in [6, 6.07) is 12.1. The molecule has 3 aromatic rings. The first-order valence-electron chi connectivity index (χ1n) is 8.73. The highest BCUT2D eigenvalue weighted by molar-refractivity contribution is 5.30. The van der Waals surface area contributed by atoms with Crippen molar-refractivity contribution in [2.24, 2.45) is 0 Å². The van der Waals surface area contributed by atoms with E-state index >= 15 is 0 Å². The van der Waals surface area contributed by atoms with Crippen LogP contribution in [0.1, 0.15) is 12.1 Å². The SMILES string of the molecule is CO[C@H]1C[C@@H](Cn2ccc(N)n2)N(Cc2cn(-c3ccccc3)nn2)C1. The molecular formula is C18H23N7O. The van der Waals surface area contributed by atoms with Gasteiger partial charge < -0.3 is 10.5 Å². The Bertz CT molecular complexity index is 844. The predicted octanol–water partition coefficient (Wildman–Crippen LogP) is 1.34. The van der Waals surface area contributed by atoms with Crippen molar-refractivity contribution in [2.45, 2.75) is 31.7 Å². The number of nitrogens with zero attached hydrogens (tertiary/aromatic N) is 6. The molecule has 8 nitrogen and oxygen atoms in total. The van der Waals surface area contributed by atoms with Crippen molar-refractivity contribution in [3.8, 4) is 5.69 Å². The zero-order chi connectivity index (χ0) is 17.9. The summed E-state index contributed by atoms with van der Waals surface area (Å²) in [6.07, 6.45) is 5.08. The molecule has 0 unspecified atom stereocenters. The Labute approximate surface area is 152 Å². The third-order valence-corrected chi connectivity index (χ3v) is 4.81. The van der Waals surface area contributed by atoms with Crippen LogP contribution in [0.25, 0.3) is 5.69 Å². The van der Waals surface area contributed by atoms with Gasteiger partial charge in [0.1, 0.15) is 5.82 Å². The number of aromatic nitrogens is 5. The summed E-state index contributed by atoms with van der Waals surface area (Å²) >= 11 is 0. The molecular weight excluding hydrogens is 330 g/mol. The van der Waals surface area contributed by atoms with E-state index in [1.165, 1.54) is 0 Å². The molecule has 2 atom stereocenters. The van der Waals surface area contributed by atoms with Gasteiger partial charge in [-0.3, -0.25) is 9.58 Å². The second kappa shape index (κ2) is 7.27. The maximum absolute atomic E-state index is 5.73. The Kier molecular flexibility index (Phi) is 4.68. The van der Waals surface area contributed by atoms with Crippen molar-refractivity contribution in [1.82, 2.24) is 29.7 Å². The van der Waals surface area contributed by atoms with Gasteiger partial charge in [0.25, 0.3) is 0 Å². The van der Waals surface area contributed by atoms with Crippen molar-refractivity contribution in [3.63, 3.8) is 0 Å². The van der Waals surface area contributed by atoms with Gasteiger partial charge in [-0.1, -0.05) is 23.4 Å². The van der Waals surface area contributed by atoms with E-state index in [1.54, 1.807) is 7.11 Å². The molecule has 1 fully saturated rings. The number of hydrogen-bond donors (Lipinski definition) is 1. The van der Waals surface area contributed by atoms with E-state index in [9.17, 15) is 0 Å². The van der Waals surface area contributed by atoms with Crippen LogP contribution in [0, 0.1) is 0 Å². The van der Waals surface area contributed by atoms with Gasteiger partial charge in [-0.25, -0.2) is 4.68 Å². The van der Waals surface area contributed by atoms with Crippen molar-refractivity contribution in [1.29, 1.82) is 0 Å². The van der Waals surface area contributed by atoms with Crippen LogP contribution in [0.5, 0.6) is 0 Å². The van der Waals surface area contributed by atoms with Gasteiger partial charge in [0.2, 0.25) is 0 Å². The number of nitrogens with two attached hydrogens (primary N) is 1. The largest absolute Gasteiger partial charge is 0.382 e. The van der Waals surface area contributed by atoms with Gasteiger partial charge in [-0.2, -0.15) is 5.10 Å². The van der Waals surface area contributed by atoms with Crippen molar-refractivity contribution in [3.05, 3.63) is 54.5 Å². The lowest BCUT2D eigenvalue weighted by molar-refractivity contribution is 0.107. The summed E-state index contributed by atoms with van der Waals surface area (Å²) in [7, 11) is 1.77. The fourth-order valence-electron chi connectivity index (χ4n) is 3.47. The first-order valence-corrected chi connectivity index (χ1v) is 8.73. The second-order valence-electron chi connectivity index (χ2n) is 6.63. The van der Waals surface area contributed by atoms with Crippen LogP contribution in [0.15, 0.2) is 48.8 Å². The Morgan fingerprint density at radius 2 is 2.08 bits per heavy atom. The minimum atomic E-state index is 0.220. The number of anilines is 1. The smallest absolute Gasteiger partial charge is 0.145 e. The average molecular weight is 353 g/mol. The van der Waals surface area contributed by atoms with Gasteiger partial charge in [-0.05, 0) is 24.6 Å². The first kappa shape index (κ1) is 16.7. The highest BCUT2D eigenvalue weighted by Gasteiger charge is 2.33. The number of benzene rings is 1. The van der Waals surface area contributed by atoms with Crippen LogP contribution in [0.2, 0.25) is 0 Å². The number of ether oxygens (including phenoxy) is 1. The first-order chi connectivity index (χ1) is 12.7. The van der Waals surface area contributed by atoms with Crippen molar-refractivity contribution >= 4 is 5.82 Å². The Morgan fingerprint density at radius 1 is 1.23 bits per heavy atom. The number of para-hydroxylation sites is 1. The third kappa shape index (κ3) is 3.61. The van der Waals surface area contributed by atoms with Crippen molar-refractivity contribution in [2.75, 3.05) is 19.4 Å². The quantitative estimate of drug-likeness (QED) is 0.719.